The summed E-state index contributed by atoms with van der Waals surface area (Å²) in [6.07, 6.45) is 2.65. The van der Waals surface area contributed by atoms with E-state index in [-0.39, 0.29) is 6.04 Å². The van der Waals surface area contributed by atoms with Crippen LogP contribution in [0.25, 0.3) is 0 Å². The highest BCUT2D eigenvalue weighted by Gasteiger charge is 2.13. The molecule has 0 saturated carbocycles. The molecule has 2 aromatic rings. The van der Waals surface area contributed by atoms with Gasteiger partial charge in [0.1, 0.15) is 5.75 Å². The van der Waals surface area contributed by atoms with Crippen LogP contribution in [-0.2, 0) is 7.05 Å². The lowest BCUT2D eigenvalue weighted by Crippen LogP contribution is -2.21. The third kappa shape index (κ3) is 3.54. The van der Waals surface area contributed by atoms with Crippen molar-refractivity contribution in [3.05, 3.63) is 41.7 Å². The maximum Gasteiger partial charge on any atom is 0.119 e. The van der Waals surface area contributed by atoms with Crippen molar-refractivity contribution in [2.45, 2.75) is 19.4 Å². The van der Waals surface area contributed by atoms with Crippen LogP contribution in [-0.4, -0.2) is 28.6 Å². The van der Waals surface area contributed by atoms with Crippen molar-refractivity contribution in [2.24, 2.45) is 7.05 Å². The Morgan fingerprint density at radius 2 is 2.26 bits per heavy atom. The Kier molecular flexibility index (Phi) is 4.52. The summed E-state index contributed by atoms with van der Waals surface area (Å²) in [5, 5.41) is 11.1. The van der Waals surface area contributed by atoms with E-state index in [9.17, 15) is 0 Å². The fourth-order valence-electron chi connectivity index (χ4n) is 2.05. The van der Waals surface area contributed by atoms with Gasteiger partial charge in [-0.05, 0) is 31.7 Å². The zero-order valence-corrected chi connectivity index (χ0v) is 11.6. The average Bonchev–Trinajstić information content (AvgIpc) is 2.81. The lowest BCUT2D eigenvalue weighted by atomic mass is 10.1. The van der Waals surface area contributed by atoms with Gasteiger partial charge in [0.25, 0.3) is 0 Å². The quantitative estimate of drug-likeness (QED) is 0.861. The van der Waals surface area contributed by atoms with E-state index in [1.54, 1.807) is 10.9 Å². The van der Waals surface area contributed by atoms with E-state index >= 15 is 0 Å². The second kappa shape index (κ2) is 6.33. The van der Waals surface area contributed by atoms with Gasteiger partial charge in [-0.15, -0.1) is 5.10 Å². The molecule has 0 aliphatic carbocycles. The van der Waals surface area contributed by atoms with Gasteiger partial charge in [0, 0.05) is 13.5 Å². The van der Waals surface area contributed by atoms with Crippen LogP contribution in [0.2, 0.25) is 0 Å². The van der Waals surface area contributed by atoms with Crippen LogP contribution in [0.1, 0.15) is 23.7 Å². The molecule has 0 bridgehead atoms. The van der Waals surface area contributed by atoms with Crippen LogP contribution in [0.15, 0.2) is 30.5 Å². The lowest BCUT2D eigenvalue weighted by molar-refractivity contribution is 0.287. The third-order valence-corrected chi connectivity index (χ3v) is 3.12. The Morgan fingerprint density at radius 3 is 2.89 bits per heavy atom. The van der Waals surface area contributed by atoms with Gasteiger partial charge in [-0.1, -0.05) is 17.3 Å². The number of nitrogens with one attached hydrogen (secondary N) is 1. The number of benzene rings is 1. The minimum Gasteiger partial charge on any atom is -0.494 e. The van der Waals surface area contributed by atoms with Crippen LogP contribution in [0, 0.1) is 6.92 Å². The first-order chi connectivity index (χ1) is 9.20. The highest BCUT2D eigenvalue weighted by atomic mass is 16.5. The van der Waals surface area contributed by atoms with Crippen molar-refractivity contribution in [3.8, 4) is 5.75 Å². The molecule has 1 heterocycles. The molecule has 1 unspecified atom stereocenters. The molecular formula is C14H20N4O. The number of rotatable bonds is 6. The van der Waals surface area contributed by atoms with Gasteiger partial charge in [-0.3, -0.25) is 4.68 Å². The number of hydrogen-bond acceptors (Lipinski definition) is 4. The highest BCUT2D eigenvalue weighted by Crippen LogP contribution is 2.17. The van der Waals surface area contributed by atoms with Crippen molar-refractivity contribution in [1.29, 1.82) is 0 Å². The van der Waals surface area contributed by atoms with Crippen molar-refractivity contribution in [1.82, 2.24) is 20.3 Å². The molecule has 102 valence electrons. The molecule has 0 amide bonds. The highest BCUT2D eigenvalue weighted by molar-refractivity contribution is 5.27. The summed E-state index contributed by atoms with van der Waals surface area (Å²) in [4.78, 5) is 0. The SMILES string of the molecule is CNC(CCOc1cccc(C)c1)c1cnnn1C. The first kappa shape index (κ1) is 13.5. The molecule has 1 aromatic heterocycles. The Hall–Kier alpha value is -1.88. The second-order valence-corrected chi connectivity index (χ2v) is 4.58. The van der Waals surface area contributed by atoms with Gasteiger partial charge in [0.05, 0.1) is 24.5 Å². The van der Waals surface area contributed by atoms with Gasteiger partial charge in [-0.25, -0.2) is 0 Å². The molecular weight excluding hydrogens is 240 g/mol. The van der Waals surface area contributed by atoms with Gasteiger partial charge in [0.2, 0.25) is 0 Å². The molecule has 0 aliphatic heterocycles. The zero-order valence-electron chi connectivity index (χ0n) is 11.6. The second-order valence-electron chi connectivity index (χ2n) is 4.58. The summed E-state index contributed by atoms with van der Waals surface area (Å²) in [5.41, 5.74) is 2.27. The minimum atomic E-state index is 0.199. The lowest BCUT2D eigenvalue weighted by Gasteiger charge is -2.16. The Balaban J connectivity index is 1.89. The van der Waals surface area contributed by atoms with Crippen molar-refractivity contribution in [3.63, 3.8) is 0 Å². The smallest absolute Gasteiger partial charge is 0.119 e. The number of aromatic nitrogens is 3. The van der Waals surface area contributed by atoms with E-state index < -0.39 is 0 Å². The van der Waals surface area contributed by atoms with Crippen molar-refractivity contribution < 1.29 is 4.74 Å². The summed E-state index contributed by atoms with van der Waals surface area (Å²) in [6, 6.07) is 8.29. The van der Waals surface area contributed by atoms with E-state index in [0.717, 1.165) is 17.9 Å². The monoisotopic (exact) mass is 260 g/mol. The summed E-state index contributed by atoms with van der Waals surface area (Å²) >= 11 is 0. The molecule has 19 heavy (non-hydrogen) atoms. The molecule has 2 rings (SSSR count). The molecule has 0 fully saturated rings. The van der Waals surface area contributed by atoms with Crippen LogP contribution in [0.4, 0.5) is 0 Å². The van der Waals surface area contributed by atoms with E-state index in [1.165, 1.54) is 5.56 Å². The van der Waals surface area contributed by atoms with Gasteiger partial charge < -0.3 is 10.1 Å². The number of ether oxygens (including phenoxy) is 1. The van der Waals surface area contributed by atoms with Crippen LogP contribution in [0.5, 0.6) is 5.75 Å². The predicted octanol–water partition coefficient (Wildman–Crippen LogP) is 1.85. The van der Waals surface area contributed by atoms with Gasteiger partial charge in [-0.2, -0.15) is 0 Å². The fraction of sp³-hybridized carbons (Fsp3) is 0.429. The van der Waals surface area contributed by atoms with Crippen LogP contribution in [0.3, 0.4) is 0 Å². The summed E-state index contributed by atoms with van der Waals surface area (Å²) in [7, 11) is 3.83. The van der Waals surface area contributed by atoms with E-state index in [0.29, 0.717) is 6.61 Å². The standard InChI is InChI=1S/C14H20N4O/c1-11-5-4-6-12(9-11)19-8-7-13(15-2)14-10-16-17-18(14)3/h4-6,9-10,13,15H,7-8H2,1-3H3. The van der Waals surface area contributed by atoms with E-state index in [4.69, 9.17) is 4.74 Å². The molecule has 1 N–H and O–H groups in total. The molecule has 5 nitrogen and oxygen atoms in total. The van der Waals surface area contributed by atoms with Crippen LogP contribution >= 0.6 is 0 Å². The molecule has 0 saturated heterocycles. The van der Waals surface area contributed by atoms with Gasteiger partial charge >= 0.3 is 0 Å². The Labute approximate surface area is 113 Å². The average molecular weight is 260 g/mol. The minimum absolute atomic E-state index is 0.199. The molecule has 5 heteroatoms. The molecule has 0 aliphatic rings. The number of aryl methyl sites for hydroxylation is 2. The topological polar surface area (TPSA) is 52.0 Å². The first-order valence-corrected chi connectivity index (χ1v) is 6.42. The van der Waals surface area contributed by atoms with E-state index in [2.05, 4.69) is 28.6 Å². The largest absolute Gasteiger partial charge is 0.494 e. The molecule has 0 radical (unpaired) electrons. The number of hydrogen-bond donors (Lipinski definition) is 1. The molecule has 0 spiro atoms. The fourth-order valence-corrected chi connectivity index (χ4v) is 2.05. The maximum absolute atomic E-state index is 5.77. The summed E-state index contributed by atoms with van der Waals surface area (Å²) in [5.74, 6) is 0.915. The Morgan fingerprint density at radius 1 is 1.42 bits per heavy atom. The molecule has 1 aromatic carbocycles. The maximum atomic E-state index is 5.77. The summed E-state index contributed by atoms with van der Waals surface area (Å²) in [6.45, 7) is 2.71. The zero-order chi connectivity index (χ0) is 13.7. The van der Waals surface area contributed by atoms with E-state index in [1.807, 2.05) is 32.3 Å². The molecule has 1 atom stereocenters. The normalized spacial score (nSPS) is 12.4. The van der Waals surface area contributed by atoms with Gasteiger partial charge in [0.15, 0.2) is 0 Å². The predicted molar refractivity (Wildman–Crippen MR) is 74.1 cm³/mol. The van der Waals surface area contributed by atoms with Crippen molar-refractivity contribution in [2.75, 3.05) is 13.7 Å². The summed E-state index contributed by atoms with van der Waals surface area (Å²) < 4.78 is 7.55. The first-order valence-electron chi connectivity index (χ1n) is 6.42. The van der Waals surface area contributed by atoms with Crippen molar-refractivity contribution >= 4 is 0 Å². The Bertz CT molecular complexity index is 524. The number of nitrogens with zero attached hydrogens (tertiary/aromatic N) is 3. The van der Waals surface area contributed by atoms with Crippen LogP contribution < -0.4 is 10.1 Å². The third-order valence-electron chi connectivity index (χ3n) is 3.12.